The van der Waals surface area contributed by atoms with Crippen molar-refractivity contribution >= 4 is 17.1 Å². The largest absolute Gasteiger partial charge is 0.310 e. The quantitative estimate of drug-likeness (QED) is 0.169. The fourth-order valence-electron chi connectivity index (χ4n) is 11.3. The van der Waals surface area contributed by atoms with Crippen LogP contribution in [0.2, 0.25) is 0 Å². The van der Waals surface area contributed by atoms with Crippen molar-refractivity contribution in [3.63, 3.8) is 0 Å². The number of aryl methyl sites for hydroxylation is 2. The van der Waals surface area contributed by atoms with Crippen LogP contribution in [0.1, 0.15) is 55.6 Å². The number of anilines is 3. The van der Waals surface area contributed by atoms with E-state index < -0.39 is 10.8 Å². The maximum atomic E-state index is 2.51. The normalized spacial score (nSPS) is 14.2. The van der Waals surface area contributed by atoms with Gasteiger partial charge in [0.1, 0.15) is 0 Å². The lowest BCUT2D eigenvalue weighted by Gasteiger charge is -2.34. The van der Waals surface area contributed by atoms with Gasteiger partial charge in [-0.3, -0.25) is 0 Å². The van der Waals surface area contributed by atoms with Gasteiger partial charge >= 0.3 is 0 Å². The molecular weight excluding hydrogens is 711 g/mol. The van der Waals surface area contributed by atoms with Crippen LogP contribution < -0.4 is 4.90 Å². The van der Waals surface area contributed by atoms with E-state index in [2.05, 4.69) is 231 Å². The second kappa shape index (κ2) is 12.6. The molecule has 0 aromatic heterocycles. The van der Waals surface area contributed by atoms with Gasteiger partial charge in [-0.1, -0.05) is 188 Å². The van der Waals surface area contributed by atoms with Gasteiger partial charge in [0.25, 0.3) is 0 Å². The van der Waals surface area contributed by atoms with Gasteiger partial charge in [-0.15, -0.1) is 0 Å². The zero-order valence-electron chi connectivity index (χ0n) is 33.2. The lowest BCUT2D eigenvalue weighted by Crippen LogP contribution is -2.28. The van der Waals surface area contributed by atoms with Gasteiger partial charge in [0, 0.05) is 17.1 Å². The Bertz CT molecular complexity index is 3030. The first kappa shape index (κ1) is 33.9. The van der Waals surface area contributed by atoms with Crippen LogP contribution in [0.5, 0.6) is 0 Å². The van der Waals surface area contributed by atoms with Crippen molar-refractivity contribution in [1.29, 1.82) is 0 Å². The predicted molar refractivity (Wildman–Crippen MR) is 244 cm³/mol. The molecule has 0 bridgehead atoms. The van der Waals surface area contributed by atoms with E-state index in [1.54, 1.807) is 0 Å². The van der Waals surface area contributed by atoms with E-state index in [4.69, 9.17) is 0 Å². The van der Waals surface area contributed by atoms with E-state index in [0.29, 0.717) is 0 Å². The number of hydrogen-bond donors (Lipinski definition) is 0. The second-order valence-corrected chi connectivity index (χ2v) is 16.5. The average molecular weight is 752 g/mol. The lowest BCUT2D eigenvalue weighted by atomic mass is 9.68. The molecule has 1 spiro atoms. The number of hydrogen-bond acceptors (Lipinski definition) is 1. The summed E-state index contributed by atoms with van der Waals surface area (Å²) in [4.78, 5) is 2.51. The third kappa shape index (κ3) is 4.50. The van der Waals surface area contributed by atoms with Crippen LogP contribution in [-0.4, -0.2) is 0 Å². The highest BCUT2D eigenvalue weighted by Gasteiger charge is 2.52. The molecule has 12 rings (SSSR count). The Morgan fingerprint density at radius 1 is 0.305 bits per heavy atom. The Balaban J connectivity index is 1.12. The number of benzene rings is 9. The molecule has 9 aromatic carbocycles. The average Bonchev–Trinajstić information content (AvgIpc) is 3.88. The Morgan fingerprint density at radius 3 is 1.27 bits per heavy atom. The summed E-state index contributed by atoms with van der Waals surface area (Å²) < 4.78 is 0. The molecule has 3 aliphatic rings. The Hall–Kier alpha value is -7.22. The molecular formula is C58H41N. The van der Waals surface area contributed by atoms with Crippen LogP contribution in [0, 0.1) is 13.8 Å². The molecule has 59 heavy (non-hydrogen) atoms. The van der Waals surface area contributed by atoms with Crippen molar-refractivity contribution in [2.45, 2.75) is 24.7 Å². The number of fused-ring (bicyclic) bond motifs is 13. The minimum atomic E-state index is -0.452. The monoisotopic (exact) mass is 751 g/mol. The van der Waals surface area contributed by atoms with Crippen molar-refractivity contribution in [2.24, 2.45) is 0 Å². The maximum absolute atomic E-state index is 2.51. The van der Waals surface area contributed by atoms with E-state index in [-0.39, 0.29) is 0 Å². The smallest absolute Gasteiger partial charge is 0.0726 e. The van der Waals surface area contributed by atoms with Crippen LogP contribution in [0.25, 0.3) is 33.4 Å². The SMILES string of the molecule is Cc1ccc(N(c2ccc3c(c2)-c2ccccc2C3(c2ccccc2)c2ccccc2)c2ccc3c(c2)C2(c4ccccc4-c4ccccc42)c2ccccc2-3)c(C)c1. The molecule has 0 heterocycles. The van der Waals surface area contributed by atoms with Crippen LogP contribution in [0.4, 0.5) is 17.1 Å². The molecule has 1 nitrogen and oxygen atoms in total. The van der Waals surface area contributed by atoms with Gasteiger partial charge in [0.2, 0.25) is 0 Å². The summed E-state index contributed by atoms with van der Waals surface area (Å²) in [6, 6.07) is 79.8. The van der Waals surface area contributed by atoms with Gasteiger partial charge in [0.15, 0.2) is 0 Å². The molecule has 0 amide bonds. The fourth-order valence-corrected chi connectivity index (χ4v) is 11.3. The molecule has 0 saturated heterocycles. The van der Waals surface area contributed by atoms with Crippen LogP contribution in [-0.2, 0) is 10.8 Å². The minimum absolute atomic E-state index is 0.426. The van der Waals surface area contributed by atoms with Crippen LogP contribution >= 0.6 is 0 Å². The van der Waals surface area contributed by atoms with E-state index >= 15 is 0 Å². The highest BCUT2D eigenvalue weighted by Crippen LogP contribution is 2.64. The molecule has 0 aliphatic heterocycles. The third-order valence-corrected chi connectivity index (χ3v) is 13.5. The third-order valence-electron chi connectivity index (χ3n) is 13.5. The molecule has 0 N–H and O–H groups in total. The summed E-state index contributed by atoms with van der Waals surface area (Å²) in [7, 11) is 0. The molecule has 3 aliphatic carbocycles. The van der Waals surface area contributed by atoms with E-state index in [1.807, 2.05) is 0 Å². The van der Waals surface area contributed by atoms with E-state index in [9.17, 15) is 0 Å². The maximum Gasteiger partial charge on any atom is 0.0726 e. The highest BCUT2D eigenvalue weighted by atomic mass is 15.1. The summed E-state index contributed by atoms with van der Waals surface area (Å²) in [6.07, 6.45) is 0. The van der Waals surface area contributed by atoms with Crippen LogP contribution in [0.3, 0.4) is 0 Å². The molecule has 0 unspecified atom stereocenters. The molecule has 0 saturated carbocycles. The number of nitrogens with zero attached hydrogens (tertiary/aromatic N) is 1. The van der Waals surface area contributed by atoms with Gasteiger partial charge < -0.3 is 4.90 Å². The zero-order chi connectivity index (χ0) is 39.3. The van der Waals surface area contributed by atoms with Crippen molar-refractivity contribution < 1.29 is 0 Å². The Kier molecular flexibility index (Phi) is 7.26. The van der Waals surface area contributed by atoms with Gasteiger partial charge in [-0.25, -0.2) is 0 Å². The first-order chi connectivity index (χ1) is 29.1. The highest BCUT2D eigenvalue weighted by molar-refractivity contribution is 5.97. The van der Waals surface area contributed by atoms with E-state index in [1.165, 1.54) is 94.7 Å². The van der Waals surface area contributed by atoms with Gasteiger partial charge in [-0.05, 0) is 128 Å². The first-order valence-electron chi connectivity index (χ1n) is 20.8. The summed E-state index contributed by atoms with van der Waals surface area (Å²) in [5.41, 5.74) is 23.5. The zero-order valence-corrected chi connectivity index (χ0v) is 33.2. The van der Waals surface area contributed by atoms with Crippen molar-refractivity contribution in [1.82, 2.24) is 0 Å². The molecule has 0 fully saturated rings. The standard InChI is InChI=1S/C58H41N/c1-38-29-34-56(39(2)35-38)59(42-31-33-54-49(36-42)47-24-12-13-25-50(47)57(54,40-17-5-3-6-18-40)41-19-7-4-8-20-41)43-30-32-48-46-23-11-16-28-53(46)58(55(48)37-43)51-26-14-9-21-44(51)45-22-10-15-27-52(45)58/h3-37H,1-2H3. The van der Waals surface area contributed by atoms with Crippen molar-refractivity contribution in [3.8, 4) is 33.4 Å². The molecule has 1 heteroatoms. The summed E-state index contributed by atoms with van der Waals surface area (Å²) in [5.74, 6) is 0. The molecule has 278 valence electrons. The Labute approximate surface area is 346 Å². The molecule has 9 aromatic rings. The molecule has 0 radical (unpaired) electrons. The second-order valence-electron chi connectivity index (χ2n) is 16.5. The number of rotatable bonds is 5. The van der Waals surface area contributed by atoms with Crippen LogP contribution in [0.15, 0.2) is 212 Å². The summed E-state index contributed by atoms with van der Waals surface area (Å²) >= 11 is 0. The fraction of sp³-hybridized carbons (Fsp3) is 0.0690. The van der Waals surface area contributed by atoms with Gasteiger partial charge in [-0.2, -0.15) is 0 Å². The van der Waals surface area contributed by atoms with Crippen molar-refractivity contribution in [2.75, 3.05) is 4.90 Å². The Morgan fingerprint density at radius 2 is 0.729 bits per heavy atom. The van der Waals surface area contributed by atoms with E-state index in [0.717, 1.165) is 11.4 Å². The predicted octanol–water partition coefficient (Wildman–Crippen LogP) is 14.5. The minimum Gasteiger partial charge on any atom is -0.310 e. The summed E-state index contributed by atoms with van der Waals surface area (Å²) in [6.45, 7) is 4.44. The molecule has 0 atom stereocenters. The summed E-state index contributed by atoms with van der Waals surface area (Å²) in [5, 5.41) is 0. The first-order valence-corrected chi connectivity index (χ1v) is 20.8. The topological polar surface area (TPSA) is 3.24 Å². The van der Waals surface area contributed by atoms with Gasteiger partial charge in [0.05, 0.1) is 10.8 Å². The van der Waals surface area contributed by atoms with Crippen molar-refractivity contribution in [3.05, 3.63) is 268 Å². The lowest BCUT2D eigenvalue weighted by molar-refractivity contribution is 0.768.